The van der Waals surface area contributed by atoms with Crippen LogP contribution in [-0.2, 0) is 9.53 Å². The molecule has 1 aromatic rings. The molecule has 1 aromatic carbocycles. The number of rotatable bonds is 5. The summed E-state index contributed by atoms with van der Waals surface area (Å²) in [6.45, 7) is 4.39. The number of benzene rings is 1. The van der Waals surface area contributed by atoms with E-state index in [9.17, 15) is 9.90 Å². The lowest BCUT2D eigenvalue weighted by Crippen LogP contribution is -3.00. The van der Waals surface area contributed by atoms with E-state index in [4.69, 9.17) is 4.74 Å². The molecule has 2 saturated heterocycles. The molecule has 0 amide bonds. The predicted molar refractivity (Wildman–Crippen MR) is 93.5 cm³/mol. The average Bonchev–Trinajstić information content (AvgIpc) is 2.74. The molecular formula is C20H30BrNO3. The average molecular weight is 412 g/mol. The van der Waals surface area contributed by atoms with Gasteiger partial charge < -0.3 is 31.3 Å². The van der Waals surface area contributed by atoms with Crippen molar-refractivity contribution in [2.45, 2.75) is 69.7 Å². The van der Waals surface area contributed by atoms with Gasteiger partial charge in [-0.15, -0.1) is 0 Å². The van der Waals surface area contributed by atoms with Gasteiger partial charge in [0.15, 0.2) is 0 Å². The highest BCUT2D eigenvalue weighted by Crippen LogP contribution is 2.44. The highest BCUT2D eigenvalue weighted by molar-refractivity contribution is 5.78. The Bertz CT molecular complexity index is 564. The Hall–Kier alpha value is -0.910. The number of hydrogen-bond acceptors (Lipinski definition) is 3. The third-order valence-electron chi connectivity index (χ3n) is 6.54. The van der Waals surface area contributed by atoms with Crippen molar-refractivity contribution in [2.24, 2.45) is 0 Å². The summed E-state index contributed by atoms with van der Waals surface area (Å²) in [5, 5.41) is 9.65. The SMILES string of the molecule is CC(C)[N+]1(C)[C@@H]2CC[C@H]1CC(OC(=O)[C@@H](CO)c1ccccc1)C2.[Br-]. The van der Waals surface area contributed by atoms with E-state index in [0.29, 0.717) is 18.1 Å². The number of carbonyl (C=O) groups is 1. The zero-order chi connectivity index (χ0) is 17.3. The predicted octanol–water partition coefficient (Wildman–Crippen LogP) is -0.142. The molecule has 140 valence electrons. The van der Waals surface area contributed by atoms with Crippen LogP contribution in [0.4, 0.5) is 0 Å². The fraction of sp³-hybridized carbons (Fsp3) is 0.650. The lowest BCUT2D eigenvalue weighted by atomic mass is 9.94. The molecule has 5 atom stereocenters. The summed E-state index contributed by atoms with van der Waals surface area (Å²) in [6.07, 6.45) is 4.36. The smallest absolute Gasteiger partial charge is 0.316 e. The minimum atomic E-state index is -0.572. The summed E-state index contributed by atoms with van der Waals surface area (Å²) in [4.78, 5) is 12.6. The number of piperidine rings is 1. The van der Waals surface area contributed by atoms with Gasteiger partial charge in [-0.1, -0.05) is 30.3 Å². The molecule has 0 aromatic heterocycles. The van der Waals surface area contributed by atoms with Crippen LogP contribution in [0.5, 0.6) is 0 Å². The fourth-order valence-corrected chi connectivity index (χ4v) is 4.82. The Morgan fingerprint density at radius 1 is 1.20 bits per heavy atom. The standard InChI is InChI=1S/C20H30NO3.BrH/c1-14(2)21(3)16-9-10-17(21)12-18(11-16)24-20(23)19(13-22)15-7-5-4-6-8-15;/h4-8,14,16-19,22H,9-13H2,1-3H3;1H/q+1;/p-1/t16-,17+,18?,19-,21?;/m0./s1. The van der Waals surface area contributed by atoms with E-state index in [-0.39, 0.29) is 35.7 Å². The van der Waals surface area contributed by atoms with E-state index in [1.807, 2.05) is 30.3 Å². The Kier molecular flexibility index (Phi) is 6.68. The van der Waals surface area contributed by atoms with Crippen molar-refractivity contribution in [2.75, 3.05) is 13.7 Å². The summed E-state index contributed by atoms with van der Waals surface area (Å²) in [6, 6.07) is 11.2. The van der Waals surface area contributed by atoms with E-state index in [1.54, 1.807) is 0 Å². The number of hydrogen-bond donors (Lipinski definition) is 1. The first kappa shape index (κ1) is 20.4. The highest BCUT2D eigenvalue weighted by atomic mass is 79.9. The quantitative estimate of drug-likeness (QED) is 0.541. The van der Waals surface area contributed by atoms with Crippen LogP contribution in [-0.4, -0.2) is 53.4 Å². The van der Waals surface area contributed by atoms with Crippen LogP contribution in [0.15, 0.2) is 30.3 Å². The monoisotopic (exact) mass is 411 g/mol. The third-order valence-corrected chi connectivity index (χ3v) is 6.54. The van der Waals surface area contributed by atoms with Crippen molar-refractivity contribution in [3.05, 3.63) is 35.9 Å². The molecule has 2 aliphatic rings. The van der Waals surface area contributed by atoms with Crippen molar-refractivity contribution in [1.82, 2.24) is 0 Å². The number of nitrogens with zero attached hydrogens (tertiary/aromatic N) is 1. The first-order valence-corrected chi connectivity index (χ1v) is 9.18. The van der Waals surface area contributed by atoms with Gasteiger partial charge in [0.05, 0.1) is 31.8 Å². The largest absolute Gasteiger partial charge is 1.00 e. The van der Waals surface area contributed by atoms with Crippen molar-refractivity contribution in [1.29, 1.82) is 0 Å². The maximum atomic E-state index is 12.6. The van der Waals surface area contributed by atoms with E-state index in [0.717, 1.165) is 22.9 Å². The van der Waals surface area contributed by atoms with E-state index < -0.39 is 5.92 Å². The molecule has 2 bridgehead atoms. The molecule has 0 saturated carbocycles. The molecule has 5 heteroatoms. The van der Waals surface area contributed by atoms with Crippen molar-refractivity contribution in [3.63, 3.8) is 0 Å². The Morgan fingerprint density at radius 3 is 2.24 bits per heavy atom. The van der Waals surface area contributed by atoms with Gasteiger partial charge in [-0.05, 0) is 19.4 Å². The van der Waals surface area contributed by atoms with Crippen molar-refractivity contribution >= 4 is 5.97 Å². The van der Waals surface area contributed by atoms with Crippen LogP contribution < -0.4 is 17.0 Å². The third kappa shape index (κ3) is 3.79. The number of quaternary nitrogens is 1. The first-order valence-electron chi connectivity index (χ1n) is 9.18. The maximum Gasteiger partial charge on any atom is 0.316 e. The van der Waals surface area contributed by atoms with Gasteiger partial charge in [0, 0.05) is 25.7 Å². The summed E-state index contributed by atoms with van der Waals surface area (Å²) < 4.78 is 6.96. The van der Waals surface area contributed by atoms with Crippen molar-refractivity contribution in [3.8, 4) is 0 Å². The minimum absolute atomic E-state index is 0. The molecule has 2 aliphatic heterocycles. The van der Waals surface area contributed by atoms with Crippen LogP contribution in [0, 0.1) is 0 Å². The second kappa shape index (κ2) is 8.19. The minimum Gasteiger partial charge on any atom is -1.00 e. The lowest BCUT2D eigenvalue weighted by Gasteiger charge is -2.49. The summed E-state index contributed by atoms with van der Waals surface area (Å²) >= 11 is 0. The number of aliphatic hydroxyl groups is 1. The lowest BCUT2D eigenvalue weighted by molar-refractivity contribution is -0.968. The number of fused-ring (bicyclic) bond motifs is 2. The van der Waals surface area contributed by atoms with Crippen LogP contribution >= 0.6 is 0 Å². The van der Waals surface area contributed by atoms with Gasteiger partial charge >= 0.3 is 5.97 Å². The van der Waals surface area contributed by atoms with E-state index >= 15 is 0 Å². The number of esters is 1. The Balaban J connectivity index is 0.00000225. The summed E-state index contributed by atoms with van der Waals surface area (Å²) in [5.41, 5.74) is 0.826. The molecule has 2 heterocycles. The summed E-state index contributed by atoms with van der Waals surface area (Å²) in [7, 11) is 2.37. The second-order valence-electron chi connectivity index (χ2n) is 7.88. The molecule has 4 nitrogen and oxygen atoms in total. The molecule has 25 heavy (non-hydrogen) atoms. The molecule has 0 aliphatic carbocycles. The van der Waals surface area contributed by atoms with Crippen LogP contribution in [0.3, 0.4) is 0 Å². The van der Waals surface area contributed by atoms with Gasteiger partial charge in [-0.3, -0.25) is 4.79 Å². The van der Waals surface area contributed by atoms with Crippen LogP contribution in [0.2, 0.25) is 0 Å². The van der Waals surface area contributed by atoms with Gasteiger partial charge in [0.2, 0.25) is 0 Å². The number of aliphatic hydroxyl groups excluding tert-OH is 1. The van der Waals surface area contributed by atoms with E-state index in [1.165, 1.54) is 12.8 Å². The normalized spacial score (nSPS) is 32.1. The molecule has 2 fully saturated rings. The van der Waals surface area contributed by atoms with Gasteiger partial charge in [-0.25, -0.2) is 0 Å². The number of halogens is 1. The first-order chi connectivity index (χ1) is 11.5. The fourth-order valence-electron chi connectivity index (χ4n) is 4.82. The zero-order valence-electron chi connectivity index (χ0n) is 15.4. The molecule has 1 N–H and O–H groups in total. The van der Waals surface area contributed by atoms with Gasteiger partial charge in [0.1, 0.15) is 12.0 Å². The highest BCUT2D eigenvalue weighted by Gasteiger charge is 2.53. The molecule has 0 radical (unpaired) electrons. The van der Waals surface area contributed by atoms with Crippen LogP contribution in [0.1, 0.15) is 51.0 Å². The molecule has 0 spiro atoms. The number of ether oxygens (including phenoxy) is 1. The van der Waals surface area contributed by atoms with E-state index in [2.05, 4.69) is 20.9 Å². The Morgan fingerprint density at radius 2 is 1.76 bits per heavy atom. The topological polar surface area (TPSA) is 46.5 Å². The summed E-state index contributed by atoms with van der Waals surface area (Å²) in [5.74, 6) is -0.856. The molecular weight excluding hydrogens is 382 g/mol. The van der Waals surface area contributed by atoms with Crippen molar-refractivity contribution < 1.29 is 36.1 Å². The number of carbonyl (C=O) groups excluding carboxylic acids is 1. The molecule has 2 unspecified atom stereocenters. The van der Waals surface area contributed by atoms with Crippen LogP contribution in [0.25, 0.3) is 0 Å². The Labute approximate surface area is 161 Å². The maximum absolute atomic E-state index is 12.6. The van der Waals surface area contributed by atoms with Gasteiger partial charge in [0.25, 0.3) is 0 Å². The van der Waals surface area contributed by atoms with Gasteiger partial charge in [-0.2, -0.15) is 0 Å². The molecule has 3 rings (SSSR count). The zero-order valence-corrected chi connectivity index (χ0v) is 17.0. The second-order valence-corrected chi connectivity index (χ2v) is 7.88.